The maximum atomic E-state index is 8.50. The second-order valence-corrected chi connectivity index (χ2v) is 6.05. The van der Waals surface area contributed by atoms with Gasteiger partial charge >= 0.3 is 49.2 Å². The van der Waals surface area contributed by atoms with E-state index in [0.29, 0.717) is 4.43 Å². The Kier molecular flexibility index (Phi) is 4.47. The van der Waals surface area contributed by atoms with Crippen molar-refractivity contribution in [2.75, 3.05) is 4.43 Å². The van der Waals surface area contributed by atoms with Crippen molar-refractivity contribution in [3.05, 3.63) is 12.7 Å². The number of thiol groups is 1. The molecule has 0 aliphatic heterocycles. The minimum absolute atomic E-state index is 0.715. The Labute approximate surface area is 49.2 Å². The zero-order valence-corrected chi connectivity index (χ0v) is 6.32. The number of hydrogen-bond acceptors (Lipinski definition) is 2. The molecule has 0 saturated carbocycles. The van der Waals surface area contributed by atoms with Gasteiger partial charge in [-0.05, 0) is 0 Å². The molecule has 1 N–H and O–H groups in total. The number of hydrogen-bond donors (Lipinski definition) is 2. The molecule has 0 rings (SSSR count). The maximum absolute atomic E-state index is 8.50. The molecule has 0 aromatic rings. The third-order valence-electron chi connectivity index (χ3n) is 0.247. The van der Waals surface area contributed by atoms with Crippen LogP contribution in [-0.4, -0.2) is 7.86 Å². The van der Waals surface area contributed by atoms with Gasteiger partial charge in [-0.15, -0.1) is 0 Å². The molecular weight excluding hydrogens is 211 g/mol. The van der Waals surface area contributed by atoms with Crippen molar-refractivity contribution in [2.45, 2.75) is 0 Å². The molecule has 0 spiro atoms. The van der Waals surface area contributed by atoms with Crippen molar-refractivity contribution in [3.63, 3.8) is 0 Å². The van der Waals surface area contributed by atoms with Crippen LogP contribution in [0.2, 0.25) is 0 Å². The fourth-order valence-corrected chi connectivity index (χ4v) is 1.31. The first kappa shape index (κ1) is 6.78. The van der Waals surface area contributed by atoms with E-state index in [1.165, 1.54) is 0 Å². The van der Waals surface area contributed by atoms with Crippen molar-refractivity contribution >= 4 is 28.6 Å². The van der Waals surface area contributed by atoms with Crippen molar-refractivity contribution in [2.24, 2.45) is 0 Å². The van der Waals surface area contributed by atoms with Crippen LogP contribution >= 0.6 is 28.6 Å². The van der Waals surface area contributed by atoms with Crippen LogP contribution < -0.4 is 0 Å². The molecule has 0 fully saturated rings. The van der Waals surface area contributed by atoms with E-state index in [1.807, 2.05) is 0 Å². The van der Waals surface area contributed by atoms with Gasteiger partial charge in [0.15, 0.2) is 0 Å². The first-order valence-corrected chi connectivity index (χ1v) is 7.14. The monoisotopic (exact) mass is 218 g/mol. The van der Waals surface area contributed by atoms with Gasteiger partial charge in [-0.2, -0.15) is 0 Å². The summed E-state index contributed by atoms with van der Waals surface area (Å²) in [6.45, 7) is 3.43. The molecule has 0 aliphatic carbocycles. The van der Waals surface area contributed by atoms with Gasteiger partial charge in [-0.25, -0.2) is 0 Å². The van der Waals surface area contributed by atoms with Crippen molar-refractivity contribution in [3.8, 4) is 0 Å². The van der Waals surface area contributed by atoms with Crippen LogP contribution in [0.1, 0.15) is 0 Å². The summed E-state index contributed by atoms with van der Waals surface area (Å²) in [5.41, 5.74) is 0. The molecular formula is C3H7IOS. The van der Waals surface area contributed by atoms with Gasteiger partial charge < -0.3 is 0 Å². The summed E-state index contributed by atoms with van der Waals surface area (Å²) in [6, 6.07) is 0. The van der Waals surface area contributed by atoms with E-state index < -0.39 is 18.8 Å². The standard InChI is InChI=1S/C3H7IOS/c1-2-3-4(5)6/h2,5-6H,1,3H2. The summed E-state index contributed by atoms with van der Waals surface area (Å²) in [4.78, 5) is 0. The second kappa shape index (κ2) is 3.95. The van der Waals surface area contributed by atoms with Crippen molar-refractivity contribution in [1.29, 1.82) is 0 Å². The molecule has 0 aliphatic rings. The predicted molar refractivity (Wildman–Crippen MR) is 40.3 cm³/mol. The van der Waals surface area contributed by atoms with E-state index in [9.17, 15) is 0 Å². The van der Waals surface area contributed by atoms with E-state index in [-0.39, 0.29) is 0 Å². The molecule has 1 nitrogen and oxygen atoms in total. The molecule has 6 heavy (non-hydrogen) atoms. The zero-order valence-electron chi connectivity index (χ0n) is 3.26. The van der Waals surface area contributed by atoms with E-state index in [0.717, 1.165) is 0 Å². The van der Waals surface area contributed by atoms with E-state index >= 15 is 0 Å². The summed E-state index contributed by atoms with van der Waals surface area (Å²) < 4.78 is 9.22. The molecule has 0 atom stereocenters. The molecule has 0 bridgehead atoms. The van der Waals surface area contributed by atoms with Crippen LogP contribution in [0, 0.1) is 0 Å². The van der Waals surface area contributed by atoms with Crippen molar-refractivity contribution in [1.82, 2.24) is 0 Å². The van der Waals surface area contributed by atoms with E-state index in [4.69, 9.17) is 3.44 Å². The van der Waals surface area contributed by atoms with Crippen LogP contribution in [0.25, 0.3) is 0 Å². The molecule has 0 heterocycles. The quantitative estimate of drug-likeness (QED) is 0.311. The van der Waals surface area contributed by atoms with Gasteiger partial charge in [-0.3, -0.25) is 0 Å². The van der Waals surface area contributed by atoms with Gasteiger partial charge in [0.05, 0.1) is 0 Å². The summed E-state index contributed by atoms with van der Waals surface area (Å²) in [5, 5.41) is 0. The van der Waals surface area contributed by atoms with Crippen LogP contribution in [0.4, 0.5) is 0 Å². The number of halogens is 1. The molecule has 0 amide bonds. The van der Waals surface area contributed by atoms with E-state index in [2.05, 4.69) is 16.4 Å². The SMILES string of the molecule is C=CCI(O)S. The molecule has 0 radical (unpaired) electrons. The molecule has 3 heteroatoms. The van der Waals surface area contributed by atoms with E-state index in [1.54, 1.807) is 6.08 Å². The molecule has 0 aromatic carbocycles. The first-order chi connectivity index (χ1) is 2.77. The average molecular weight is 218 g/mol. The van der Waals surface area contributed by atoms with Crippen LogP contribution in [0.5, 0.6) is 0 Å². The number of allylic oxidation sites excluding steroid dienone is 1. The Hall–Kier alpha value is 0.780. The Balaban J connectivity index is 2.81. The third-order valence-corrected chi connectivity index (χ3v) is 2.58. The van der Waals surface area contributed by atoms with Crippen LogP contribution in [0.15, 0.2) is 12.7 Å². The Morgan fingerprint density at radius 2 is 2.50 bits per heavy atom. The third kappa shape index (κ3) is 4.78. The number of rotatable bonds is 2. The molecule has 0 unspecified atom stereocenters. The molecule has 38 valence electrons. The predicted octanol–water partition coefficient (Wildman–Crippen LogP) is 1.43. The van der Waals surface area contributed by atoms with Gasteiger partial charge in [0, 0.05) is 0 Å². The number of alkyl halides is 1. The van der Waals surface area contributed by atoms with Crippen molar-refractivity contribution < 1.29 is 3.44 Å². The second-order valence-electron chi connectivity index (χ2n) is 0.758. The summed E-state index contributed by atoms with van der Waals surface area (Å²) >= 11 is -1.73. The van der Waals surface area contributed by atoms with Gasteiger partial charge in [-0.1, -0.05) is 0 Å². The van der Waals surface area contributed by atoms with Gasteiger partial charge in [0.1, 0.15) is 0 Å². The van der Waals surface area contributed by atoms with Crippen LogP contribution in [-0.2, 0) is 0 Å². The fourth-order valence-electron chi connectivity index (χ4n) is 0.0976. The van der Waals surface area contributed by atoms with Gasteiger partial charge in [0.25, 0.3) is 0 Å². The topological polar surface area (TPSA) is 20.2 Å². The Morgan fingerprint density at radius 1 is 2.00 bits per heavy atom. The normalized spacial score (nSPS) is 10.7. The molecule has 0 saturated heterocycles. The minimum atomic E-state index is -1.73. The Morgan fingerprint density at radius 3 is 2.50 bits per heavy atom. The summed E-state index contributed by atoms with van der Waals surface area (Å²) in [6.07, 6.45) is 1.69. The van der Waals surface area contributed by atoms with Gasteiger partial charge in [0.2, 0.25) is 0 Å². The summed E-state index contributed by atoms with van der Waals surface area (Å²) in [5.74, 6) is 0. The fraction of sp³-hybridized carbons (Fsp3) is 0.333. The average Bonchev–Trinajstić information content (AvgIpc) is 1.35. The Bertz CT molecular complexity index is 46.1. The first-order valence-electron chi connectivity index (χ1n) is 1.42. The zero-order chi connectivity index (χ0) is 4.99. The summed E-state index contributed by atoms with van der Waals surface area (Å²) in [7, 11) is 3.82. The van der Waals surface area contributed by atoms with Crippen LogP contribution in [0.3, 0.4) is 0 Å². The molecule has 0 aromatic heterocycles.